The summed E-state index contributed by atoms with van der Waals surface area (Å²) in [6.07, 6.45) is 10.3. The Kier molecular flexibility index (Phi) is 36.4. The molecular formula is C76H130O20. The second kappa shape index (κ2) is 41.8. The first-order chi connectivity index (χ1) is 45.4. The quantitative estimate of drug-likeness (QED) is 0.0527. The van der Waals surface area contributed by atoms with Crippen LogP contribution in [0.3, 0.4) is 0 Å². The van der Waals surface area contributed by atoms with Crippen LogP contribution in [0.2, 0.25) is 0 Å². The molecule has 0 aromatic carbocycles. The maximum absolute atomic E-state index is 14.2. The second-order valence-corrected chi connectivity index (χ2v) is 29.9. The molecule has 0 radical (unpaired) electrons. The molecule has 4 bridgehead atoms. The molecule has 8 N–H and O–H groups in total. The van der Waals surface area contributed by atoms with E-state index < -0.39 is 133 Å². The van der Waals surface area contributed by atoms with Crippen LogP contribution in [-0.2, 0) is 57.0 Å². The number of aliphatic hydroxyl groups excluding tert-OH is 8. The number of carbonyl (C=O) groups excluding carboxylic acids is 2. The molecule has 20 nitrogen and oxygen atoms in total. The van der Waals surface area contributed by atoms with Gasteiger partial charge in [-0.2, -0.15) is 0 Å². The SMILES string of the molecule is CO[C@H]1C[C@@H](CC[C@@H](C)[C@@H](O)[C@@H](C)[C@H]2OC(=O)/C(C)=C/C[C@@H](O)C[C@@H]3C=CC[C@H](C[C@H](OC)[C@H](C)[C@@H](O)C[C@H](O)[C@H](C)[C@H]([C@@H](C)[C@@H](O)[C@@H](C)CC[C@@H]4C[C@H](OC)C[C@H](C)O4)OC(=O)/C=C/C(C)=C/C[C@@H](O)C[C@@H]4C=CC[C@@H](C[C@@H](OC)[C@H](C)[C@@H](O)C[C@@H](O)[C@H]2C)O4)O3)O[C@@H](C)C1. The summed E-state index contributed by atoms with van der Waals surface area (Å²) in [4.78, 5) is 28.1. The van der Waals surface area contributed by atoms with Crippen molar-refractivity contribution in [2.75, 3.05) is 28.4 Å². The Morgan fingerprint density at radius 3 is 1.30 bits per heavy atom. The van der Waals surface area contributed by atoms with Crippen LogP contribution in [0.5, 0.6) is 0 Å². The Balaban J connectivity index is 1.37. The van der Waals surface area contributed by atoms with Crippen LogP contribution in [0.1, 0.15) is 199 Å². The van der Waals surface area contributed by atoms with E-state index in [0.717, 1.165) is 25.7 Å². The van der Waals surface area contributed by atoms with E-state index >= 15 is 0 Å². The summed E-state index contributed by atoms with van der Waals surface area (Å²) in [5.74, 6) is -5.57. The van der Waals surface area contributed by atoms with Crippen molar-refractivity contribution >= 4 is 11.9 Å². The van der Waals surface area contributed by atoms with Gasteiger partial charge >= 0.3 is 11.9 Å². The Bertz CT molecular complexity index is 2400. The molecule has 20 heteroatoms. The van der Waals surface area contributed by atoms with Crippen molar-refractivity contribution in [3.8, 4) is 0 Å². The number of aliphatic hydroxyl groups is 8. The van der Waals surface area contributed by atoms with E-state index in [1.165, 1.54) is 6.08 Å². The van der Waals surface area contributed by atoms with Gasteiger partial charge in [0.1, 0.15) is 12.2 Å². The molecule has 0 aromatic heterocycles. The number of ether oxygens (including phenoxy) is 10. The van der Waals surface area contributed by atoms with Gasteiger partial charge in [0, 0.05) is 101 Å². The smallest absolute Gasteiger partial charge is 0.333 e. The summed E-state index contributed by atoms with van der Waals surface area (Å²) in [7, 11) is 6.57. The lowest BCUT2D eigenvalue weighted by atomic mass is 9.78. The van der Waals surface area contributed by atoms with E-state index in [-0.39, 0.29) is 105 Å². The van der Waals surface area contributed by atoms with Crippen molar-refractivity contribution in [3.63, 3.8) is 0 Å². The minimum absolute atomic E-state index is 0.0306. The van der Waals surface area contributed by atoms with Crippen LogP contribution in [0.15, 0.2) is 59.8 Å². The average Bonchev–Trinajstić information content (AvgIpc) is 0.858. The highest BCUT2D eigenvalue weighted by Gasteiger charge is 2.43. The van der Waals surface area contributed by atoms with Crippen LogP contribution >= 0.6 is 0 Å². The molecular weight excluding hydrogens is 1230 g/mol. The van der Waals surface area contributed by atoms with Gasteiger partial charge in [-0.15, -0.1) is 0 Å². The standard InChI is InChI=1S/C76H130O20/c1-43-23-28-55(77)35-57-19-17-21-59(93-57)39-70(90-16)50(8)66(80)42-68(82)52(10)75(54(12)73(85)45(3)27-31-62-38-64(88-14)34-48(6)92-62)96-76(86)46(4)25-29-56(78)36-58-20-18-22-60(94-58)40-69(89-15)49(7)65(79)41-67(81)51(9)74(95-71(83)32-24-43)53(11)72(84)44(2)26-30-61-37-63(87-13)33-47(5)91-61/h17-20,23-25,32,44-45,47-70,72-75,77-82,84-85H,21-22,26-31,33-42H2,1-16H3/b32-24+,43-23+,46-25+/t44-,45+,47-,48-,49+,50+,51-,52+,53-,54+,55+,56+,57-,58-,59-,60+,61+,62+,63+,64+,65-,66-,67-,68+,69-,70+,72-,73+,74+,75-/m0/s1. The summed E-state index contributed by atoms with van der Waals surface area (Å²) in [6.45, 7) is 22.3. The summed E-state index contributed by atoms with van der Waals surface area (Å²) < 4.78 is 61.4. The minimum Gasteiger partial charge on any atom is -0.458 e. The van der Waals surface area contributed by atoms with Gasteiger partial charge in [-0.05, 0) is 129 Å². The molecule has 30 atom stereocenters. The molecule has 5 rings (SSSR count). The number of cyclic esters (lactones) is 2. The number of fused-ring (bicyclic) bond motifs is 4. The molecule has 554 valence electrons. The Hall–Kier alpha value is -3.00. The summed E-state index contributed by atoms with van der Waals surface area (Å²) >= 11 is 0. The third-order valence-corrected chi connectivity index (χ3v) is 22.1. The van der Waals surface area contributed by atoms with E-state index in [1.54, 1.807) is 61.4 Å². The molecule has 0 unspecified atom stereocenters. The molecule has 5 aliphatic heterocycles. The van der Waals surface area contributed by atoms with Crippen LogP contribution in [0.4, 0.5) is 0 Å². The predicted octanol–water partition coefficient (Wildman–Crippen LogP) is 9.55. The summed E-state index contributed by atoms with van der Waals surface area (Å²) in [5, 5.41) is 94.6. The topological polar surface area (TPSA) is 288 Å². The second-order valence-electron chi connectivity index (χ2n) is 29.9. The van der Waals surface area contributed by atoms with Crippen LogP contribution < -0.4 is 0 Å². The highest BCUT2D eigenvalue weighted by molar-refractivity contribution is 5.87. The van der Waals surface area contributed by atoms with Crippen LogP contribution in [0, 0.1) is 47.3 Å². The molecule has 0 saturated carbocycles. The van der Waals surface area contributed by atoms with Crippen molar-refractivity contribution in [1.82, 2.24) is 0 Å². The number of hydrogen-bond acceptors (Lipinski definition) is 20. The number of carbonyl (C=O) groups is 2. The van der Waals surface area contributed by atoms with E-state index in [4.69, 9.17) is 47.4 Å². The van der Waals surface area contributed by atoms with Gasteiger partial charge in [0.05, 0.1) is 122 Å². The third-order valence-electron chi connectivity index (χ3n) is 22.1. The molecule has 5 heterocycles. The number of methoxy groups -OCH3 is 4. The number of esters is 2. The zero-order chi connectivity index (χ0) is 71.1. The van der Waals surface area contributed by atoms with E-state index in [2.05, 4.69) is 0 Å². The van der Waals surface area contributed by atoms with Gasteiger partial charge in [-0.1, -0.05) is 103 Å². The number of rotatable bonds is 16. The first kappa shape index (κ1) is 83.7. The number of hydrogen-bond donors (Lipinski definition) is 8. The lowest BCUT2D eigenvalue weighted by Crippen LogP contribution is -2.46. The van der Waals surface area contributed by atoms with Gasteiger partial charge in [-0.25, -0.2) is 9.59 Å². The number of allylic oxidation sites excluding steroid dienone is 2. The maximum atomic E-state index is 14.2. The van der Waals surface area contributed by atoms with Gasteiger partial charge in [0.15, 0.2) is 0 Å². The lowest BCUT2D eigenvalue weighted by Gasteiger charge is -2.38. The van der Waals surface area contributed by atoms with Crippen LogP contribution in [0.25, 0.3) is 0 Å². The van der Waals surface area contributed by atoms with Gasteiger partial charge in [0.25, 0.3) is 0 Å². The van der Waals surface area contributed by atoms with Crippen molar-refractivity contribution in [2.24, 2.45) is 47.3 Å². The Labute approximate surface area is 575 Å². The van der Waals surface area contributed by atoms with Crippen molar-refractivity contribution < 1.29 is 97.8 Å². The fourth-order valence-electron chi connectivity index (χ4n) is 15.2. The normalized spacial score (nSPS) is 41.2. The fourth-order valence-corrected chi connectivity index (χ4v) is 15.2. The first-order valence-electron chi connectivity index (χ1n) is 36.4. The monoisotopic (exact) mass is 1360 g/mol. The van der Waals surface area contributed by atoms with E-state index in [1.807, 2.05) is 92.7 Å². The maximum Gasteiger partial charge on any atom is 0.333 e. The molecule has 2 saturated heterocycles. The van der Waals surface area contributed by atoms with E-state index in [0.29, 0.717) is 56.9 Å². The van der Waals surface area contributed by atoms with Gasteiger partial charge < -0.3 is 88.2 Å². The first-order valence-corrected chi connectivity index (χ1v) is 36.4. The van der Waals surface area contributed by atoms with Gasteiger partial charge in [-0.3, -0.25) is 0 Å². The zero-order valence-corrected chi connectivity index (χ0v) is 61.1. The molecule has 0 spiro atoms. The minimum atomic E-state index is -1.18. The van der Waals surface area contributed by atoms with Crippen LogP contribution in [-0.4, -0.2) is 216 Å². The van der Waals surface area contributed by atoms with E-state index in [9.17, 15) is 50.4 Å². The Morgan fingerprint density at radius 2 is 0.885 bits per heavy atom. The Morgan fingerprint density at radius 1 is 0.479 bits per heavy atom. The highest BCUT2D eigenvalue weighted by atomic mass is 16.6. The van der Waals surface area contributed by atoms with Crippen molar-refractivity contribution in [2.45, 2.75) is 333 Å². The summed E-state index contributed by atoms with van der Waals surface area (Å²) in [5.41, 5.74) is 0.927. The molecule has 5 aliphatic rings. The molecule has 0 aromatic rings. The zero-order valence-electron chi connectivity index (χ0n) is 61.1. The van der Waals surface area contributed by atoms with Crippen molar-refractivity contribution in [1.29, 1.82) is 0 Å². The molecule has 2 fully saturated rings. The predicted molar refractivity (Wildman–Crippen MR) is 368 cm³/mol. The molecule has 96 heavy (non-hydrogen) atoms. The molecule has 0 amide bonds. The fraction of sp³-hybridized carbons (Fsp3) is 0.842. The largest absolute Gasteiger partial charge is 0.458 e. The molecule has 0 aliphatic carbocycles. The van der Waals surface area contributed by atoms with Crippen molar-refractivity contribution in [3.05, 3.63) is 59.8 Å². The van der Waals surface area contributed by atoms with Gasteiger partial charge in [0.2, 0.25) is 0 Å². The third kappa shape index (κ3) is 26.7. The average molecular weight is 1360 g/mol. The summed E-state index contributed by atoms with van der Waals surface area (Å²) in [6, 6.07) is 0. The highest BCUT2D eigenvalue weighted by Crippen LogP contribution is 2.37. The lowest BCUT2D eigenvalue weighted by molar-refractivity contribution is -0.159.